The lowest BCUT2D eigenvalue weighted by molar-refractivity contribution is -0.150. The molecule has 2 aromatic rings. The zero-order valence-corrected chi connectivity index (χ0v) is 17.3. The summed E-state index contributed by atoms with van der Waals surface area (Å²) in [7, 11) is 1.33. The van der Waals surface area contributed by atoms with E-state index in [0.29, 0.717) is 0 Å². The van der Waals surface area contributed by atoms with Gasteiger partial charge >= 0.3 is 11.9 Å². The summed E-state index contributed by atoms with van der Waals surface area (Å²) in [5.74, 6) is -3.49. The molecule has 1 unspecified atom stereocenters. The minimum Gasteiger partial charge on any atom is -0.493 e. The number of methoxy groups -OCH3 is 1. The first-order chi connectivity index (χ1) is 14.0. The van der Waals surface area contributed by atoms with E-state index in [-0.39, 0.29) is 22.8 Å². The van der Waals surface area contributed by atoms with Crippen LogP contribution in [0.3, 0.4) is 0 Å². The van der Waals surface area contributed by atoms with Crippen molar-refractivity contribution in [1.82, 2.24) is 9.88 Å². The standard InChI is InChI=1S/C21H23FN2O6/c1-12(2)24(21(4,20(27)28)14-6-8-15(22)9-7-14)19(26)17-18(30-13(3)25)16(29-5)10-11-23-17/h6-12H,1-5H3,(H,27,28). The molecule has 30 heavy (non-hydrogen) atoms. The Hall–Kier alpha value is -3.49. The first-order valence-corrected chi connectivity index (χ1v) is 9.08. The molecule has 1 aromatic heterocycles. The monoisotopic (exact) mass is 418 g/mol. The molecular formula is C21H23FN2O6. The largest absolute Gasteiger partial charge is 0.493 e. The van der Waals surface area contributed by atoms with Gasteiger partial charge in [-0.2, -0.15) is 0 Å². The number of pyridine rings is 1. The first kappa shape index (κ1) is 22.8. The van der Waals surface area contributed by atoms with Crippen LogP contribution >= 0.6 is 0 Å². The molecule has 0 radical (unpaired) electrons. The number of aliphatic carboxylic acids is 1. The molecule has 1 heterocycles. The Morgan fingerprint density at radius 3 is 2.23 bits per heavy atom. The van der Waals surface area contributed by atoms with E-state index in [9.17, 15) is 23.9 Å². The number of nitrogens with zero attached hydrogens (tertiary/aromatic N) is 2. The van der Waals surface area contributed by atoms with Crippen molar-refractivity contribution in [3.8, 4) is 11.5 Å². The Balaban J connectivity index is 2.70. The number of carbonyl (C=O) groups excluding carboxylic acids is 2. The molecule has 9 heteroatoms. The second-order valence-corrected chi connectivity index (χ2v) is 6.94. The Bertz CT molecular complexity index is 960. The highest BCUT2D eigenvalue weighted by molar-refractivity contribution is 6.00. The van der Waals surface area contributed by atoms with Crippen molar-refractivity contribution < 1.29 is 33.4 Å². The summed E-state index contributed by atoms with van der Waals surface area (Å²) in [6.07, 6.45) is 1.29. The fourth-order valence-corrected chi connectivity index (χ4v) is 3.19. The highest BCUT2D eigenvalue weighted by Crippen LogP contribution is 2.36. The molecule has 0 aliphatic carbocycles. The molecule has 0 spiro atoms. The molecule has 0 fully saturated rings. The lowest BCUT2D eigenvalue weighted by atomic mass is 9.88. The van der Waals surface area contributed by atoms with Crippen molar-refractivity contribution in [2.45, 2.75) is 39.3 Å². The number of esters is 1. The number of amides is 1. The Kier molecular flexibility index (Phi) is 6.76. The summed E-state index contributed by atoms with van der Waals surface area (Å²) < 4.78 is 23.7. The molecule has 1 amide bonds. The van der Waals surface area contributed by atoms with Gasteiger partial charge in [-0.15, -0.1) is 0 Å². The Morgan fingerprint density at radius 1 is 1.17 bits per heavy atom. The smallest absolute Gasteiger partial charge is 0.334 e. The maximum absolute atomic E-state index is 13.5. The van der Waals surface area contributed by atoms with E-state index in [4.69, 9.17) is 9.47 Å². The van der Waals surface area contributed by atoms with E-state index >= 15 is 0 Å². The molecule has 1 atom stereocenters. The summed E-state index contributed by atoms with van der Waals surface area (Å²) in [6.45, 7) is 5.76. The minimum absolute atomic E-state index is 0.0890. The van der Waals surface area contributed by atoms with Crippen molar-refractivity contribution in [3.63, 3.8) is 0 Å². The van der Waals surface area contributed by atoms with E-state index in [1.54, 1.807) is 13.8 Å². The second-order valence-electron chi connectivity index (χ2n) is 6.94. The van der Waals surface area contributed by atoms with Gasteiger partial charge in [0.1, 0.15) is 5.82 Å². The lowest BCUT2D eigenvalue weighted by Crippen LogP contribution is -2.56. The maximum Gasteiger partial charge on any atom is 0.334 e. The third-order valence-corrected chi connectivity index (χ3v) is 4.58. The average molecular weight is 418 g/mol. The van der Waals surface area contributed by atoms with Gasteiger partial charge < -0.3 is 19.5 Å². The van der Waals surface area contributed by atoms with Gasteiger partial charge in [0.05, 0.1) is 7.11 Å². The number of hydrogen-bond acceptors (Lipinski definition) is 6. The summed E-state index contributed by atoms with van der Waals surface area (Å²) in [5, 5.41) is 10.1. The van der Waals surface area contributed by atoms with Crippen molar-refractivity contribution in [2.75, 3.05) is 7.11 Å². The highest BCUT2D eigenvalue weighted by atomic mass is 19.1. The van der Waals surface area contributed by atoms with Crippen LogP contribution in [0.4, 0.5) is 4.39 Å². The van der Waals surface area contributed by atoms with Crippen LogP contribution in [0.25, 0.3) is 0 Å². The van der Waals surface area contributed by atoms with Crippen LogP contribution in [0, 0.1) is 5.82 Å². The summed E-state index contributed by atoms with van der Waals surface area (Å²) >= 11 is 0. The lowest BCUT2D eigenvalue weighted by Gasteiger charge is -2.41. The summed E-state index contributed by atoms with van der Waals surface area (Å²) in [6, 6.07) is 5.64. The molecule has 0 aliphatic rings. The van der Waals surface area contributed by atoms with E-state index in [2.05, 4.69) is 4.98 Å². The predicted octanol–water partition coefficient (Wildman–Crippen LogP) is 3.01. The minimum atomic E-state index is -1.86. The molecule has 8 nitrogen and oxygen atoms in total. The van der Waals surface area contributed by atoms with Gasteiger partial charge in [-0.1, -0.05) is 12.1 Å². The number of aromatic nitrogens is 1. The number of rotatable bonds is 7. The number of carboxylic acid groups (broad SMARTS) is 1. The predicted molar refractivity (Wildman–Crippen MR) is 105 cm³/mol. The van der Waals surface area contributed by atoms with Crippen LogP contribution in [0.15, 0.2) is 36.5 Å². The molecule has 1 aromatic carbocycles. The van der Waals surface area contributed by atoms with Crippen LogP contribution in [0.1, 0.15) is 43.7 Å². The van der Waals surface area contributed by atoms with Crippen molar-refractivity contribution >= 4 is 17.8 Å². The molecule has 160 valence electrons. The van der Waals surface area contributed by atoms with Gasteiger partial charge in [-0.05, 0) is 38.5 Å². The molecule has 2 rings (SSSR count). The van der Waals surface area contributed by atoms with E-state index in [0.717, 1.165) is 24.0 Å². The fraction of sp³-hybridized carbons (Fsp3) is 0.333. The molecule has 0 aliphatic heterocycles. The normalized spacial score (nSPS) is 12.8. The van der Waals surface area contributed by atoms with Gasteiger partial charge in [0, 0.05) is 25.2 Å². The number of carboxylic acids is 1. The molecule has 0 saturated carbocycles. The Morgan fingerprint density at radius 2 is 1.77 bits per heavy atom. The van der Waals surface area contributed by atoms with E-state index < -0.39 is 35.2 Å². The number of ether oxygens (including phenoxy) is 2. The number of halogens is 1. The highest BCUT2D eigenvalue weighted by Gasteiger charge is 2.47. The van der Waals surface area contributed by atoms with Crippen LogP contribution in [-0.2, 0) is 15.1 Å². The second kappa shape index (κ2) is 8.89. The van der Waals surface area contributed by atoms with Crippen LogP contribution in [0.2, 0.25) is 0 Å². The van der Waals surface area contributed by atoms with Crippen LogP contribution < -0.4 is 9.47 Å². The van der Waals surface area contributed by atoms with Gasteiger partial charge in [0.2, 0.25) is 5.75 Å². The topological polar surface area (TPSA) is 106 Å². The zero-order valence-electron chi connectivity index (χ0n) is 17.3. The third-order valence-electron chi connectivity index (χ3n) is 4.58. The van der Waals surface area contributed by atoms with Gasteiger partial charge in [-0.3, -0.25) is 9.59 Å². The van der Waals surface area contributed by atoms with Crippen molar-refractivity contribution in [3.05, 3.63) is 53.6 Å². The fourth-order valence-electron chi connectivity index (χ4n) is 3.19. The third kappa shape index (κ3) is 4.24. The molecule has 1 N–H and O–H groups in total. The number of carbonyl (C=O) groups is 3. The SMILES string of the molecule is COc1ccnc(C(=O)N(C(C)C)C(C)(C(=O)O)c2ccc(F)cc2)c1OC(C)=O. The van der Waals surface area contributed by atoms with E-state index in [1.165, 1.54) is 38.4 Å². The van der Waals surface area contributed by atoms with Gasteiger partial charge in [0.15, 0.2) is 17.0 Å². The molecular weight excluding hydrogens is 395 g/mol. The molecule has 0 bridgehead atoms. The maximum atomic E-state index is 13.5. The number of hydrogen-bond donors (Lipinski definition) is 1. The average Bonchev–Trinajstić information content (AvgIpc) is 2.67. The van der Waals surface area contributed by atoms with Crippen molar-refractivity contribution in [2.24, 2.45) is 0 Å². The zero-order chi connectivity index (χ0) is 22.6. The Labute approximate surface area is 173 Å². The summed E-state index contributed by atoms with van der Waals surface area (Å²) in [5.41, 5.74) is -1.96. The van der Waals surface area contributed by atoms with E-state index in [1.807, 2.05) is 0 Å². The number of benzene rings is 1. The van der Waals surface area contributed by atoms with Gasteiger partial charge in [0.25, 0.3) is 5.91 Å². The van der Waals surface area contributed by atoms with Crippen LogP contribution in [-0.4, -0.2) is 46.0 Å². The van der Waals surface area contributed by atoms with Gasteiger partial charge in [-0.25, -0.2) is 14.2 Å². The molecule has 0 saturated heterocycles. The summed E-state index contributed by atoms with van der Waals surface area (Å²) in [4.78, 5) is 42.6. The first-order valence-electron chi connectivity index (χ1n) is 9.08. The van der Waals surface area contributed by atoms with Crippen molar-refractivity contribution in [1.29, 1.82) is 0 Å². The van der Waals surface area contributed by atoms with Crippen LogP contribution in [0.5, 0.6) is 11.5 Å². The quantitative estimate of drug-likeness (QED) is 0.689.